The lowest BCUT2D eigenvalue weighted by atomic mass is 10.1. The SMILES string of the molecule is Cc1ccc2c3cnccc3n(I)c2c1. The number of hydrogen-bond acceptors (Lipinski definition) is 1. The second-order valence-corrected chi connectivity index (χ2v) is 4.66. The van der Waals surface area contributed by atoms with Crippen LogP contribution in [0.4, 0.5) is 0 Å². The van der Waals surface area contributed by atoms with Crippen molar-refractivity contribution in [2.45, 2.75) is 6.92 Å². The topological polar surface area (TPSA) is 17.8 Å². The molecule has 0 aliphatic heterocycles. The van der Waals surface area contributed by atoms with Crippen molar-refractivity contribution in [3.05, 3.63) is 42.2 Å². The van der Waals surface area contributed by atoms with Gasteiger partial charge in [0.15, 0.2) is 0 Å². The van der Waals surface area contributed by atoms with Crippen molar-refractivity contribution in [3.63, 3.8) is 0 Å². The largest absolute Gasteiger partial charge is 0.282 e. The van der Waals surface area contributed by atoms with Crippen molar-refractivity contribution in [1.29, 1.82) is 0 Å². The molecule has 74 valence electrons. The third-order valence-corrected chi connectivity index (χ3v) is 3.70. The van der Waals surface area contributed by atoms with Crippen LogP contribution in [0.5, 0.6) is 0 Å². The van der Waals surface area contributed by atoms with Crippen LogP contribution in [0.15, 0.2) is 36.7 Å². The van der Waals surface area contributed by atoms with E-state index in [1.54, 1.807) is 0 Å². The van der Waals surface area contributed by atoms with E-state index < -0.39 is 0 Å². The maximum absolute atomic E-state index is 4.18. The minimum Gasteiger partial charge on any atom is -0.282 e. The van der Waals surface area contributed by atoms with Gasteiger partial charge in [0.25, 0.3) is 0 Å². The second-order valence-electron chi connectivity index (χ2n) is 3.69. The number of nitrogens with zero attached hydrogens (tertiary/aromatic N) is 2. The Bertz CT molecular complexity index is 655. The Morgan fingerprint density at radius 1 is 1.13 bits per heavy atom. The van der Waals surface area contributed by atoms with E-state index in [2.05, 4.69) is 61.8 Å². The maximum atomic E-state index is 4.18. The molecule has 0 N–H and O–H groups in total. The van der Waals surface area contributed by atoms with Gasteiger partial charge in [-0.15, -0.1) is 0 Å². The summed E-state index contributed by atoms with van der Waals surface area (Å²) in [5, 5.41) is 2.50. The minimum atomic E-state index is 1.22. The first-order chi connectivity index (χ1) is 7.27. The average molecular weight is 308 g/mol. The van der Waals surface area contributed by atoms with Gasteiger partial charge in [-0.3, -0.25) is 7.76 Å². The van der Waals surface area contributed by atoms with E-state index in [0.29, 0.717) is 0 Å². The molecular formula is C12H9IN2. The van der Waals surface area contributed by atoms with Gasteiger partial charge >= 0.3 is 0 Å². The normalized spacial score (nSPS) is 11.3. The van der Waals surface area contributed by atoms with Crippen LogP contribution in [0.1, 0.15) is 5.56 Å². The van der Waals surface area contributed by atoms with E-state index >= 15 is 0 Å². The van der Waals surface area contributed by atoms with E-state index in [0.717, 1.165) is 0 Å². The van der Waals surface area contributed by atoms with E-state index in [1.807, 2.05) is 12.4 Å². The molecule has 0 fully saturated rings. The smallest absolute Gasteiger partial charge is 0.0646 e. The first kappa shape index (κ1) is 9.15. The van der Waals surface area contributed by atoms with Crippen LogP contribution < -0.4 is 0 Å². The summed E-state index contributed by atoms with van der Waals surface area (Å²) in [5.74, 6) is 0. The molecule has 2 aromatic heterocycles. The predicted molar refractivity (Wildman–Crippen MR) is 71.4 cm³/mol. The van der Waals surface area contributed by atoms with Gasteiger partial charge < -0.3 is 0 Å². The number of halogens is 1. The zero-order valence-electron chi connectivity index (χ0n) is 8.24. The van der Waals surface area contributed by atoms with Crippen molar-refractivity contribution in [2.75, 3.05) is 0 Å². The summed E-state index contributed by atoms with van der Waals surface area (Å²) in [7, 11) is 0. The summed E-state index contributed by atoms with van der Waals surface area (Å²) >= 11 is 2.34. The molecule has 1 aromatic carbocycles. The fourth-order valence-corrected chi connectivity index (χ4v) is 2.75. The Hall–Kier alpha value is -1.10. The Kier molecular flexibility index (Phi) is 1.95. The Morgan fingerprint density at radius 2 is 2.00 bits per heavy atom. The molecule has 0 atom stereocenters. The Labute approximate surface area is 101 Å². The lowest BCUT2D eigenvalue weighted by molar-refractivity contribution is 1.35. The van der Waals surface area contributed by atoms with Gasteiger partial charge in [0.05, 0.1) is 33.9 Å². The first-order valence-corrected chi connectivity index (χ1v) is 5.75. The van der Waals surface area contributed by atoms with Crippen molar-refractivity contribution < 1.29 is 0 Å². The van der Waals surface area contributed by atoms with E-state index in [9.17, 15) is 0 Å². The number of rotatable bonds is 0. The first-order valence-electron chi connectivity index (χ1n) is 4.78. The second kappa shape index (κ2) is 3.20. The number of aromatic nitrogens is 2. The fourth-order valence-electron chi connectivity index (χ4n) is 1.93. The molecule has 2 nitrogen and oxygen atoms in total. The van der Waals surface area contributed by atoms with Gasteiger partial charge in [-0.05, 0) is 24.6 Å². The van der Waals surface area contributed by atoms with Crippen LogP contribution in [0.2, 0.25) is 0 Å². The molecule has 0 saturated carbocycles. The van der Waals surface area contributed by atoms with Crippen LogP contribution in [0.3, 0.4) is 0 Å². The van der Waals surface area contributed by atoms with Crippen molar-refractivity contribution in [2.24, 2.45) is 0 Å². The average Bonchev–Trinajstić information content (AvgIpc) is 2.54. The number of aryl methyl sites for hydroxylation is 1. The number of benzene rings is 1. The molecule has 0 unspecified atom stereocenters. The molecule has 0 spiro atoms. The number of fused-ring (bicyclic) bond motifs is 3. The molecule has 3 rings (SSSR count). The summed E-state index contributed by atoms with van der Waals surface area (Å²) < 4.78 is 2.19. The molecule has 0 amide bonds. The molecule has 15 heavy (non-hydrogen) atoms. The molecule has 0 aliphatic rings. The zero-order chi connectivity index (χ0) is 10.4. The monoisotopic (exact) mass is 308 g/mol. The number of pyridine rings is 1. The molecule has 0 bridgehead atoms. The maximum Gasteiger partial charge on any atom is 0.0646 e. The summed E-state index contributed by atoms with van der Waals surface area (Å²) in [4.78, 5) is 4.18. The molecule has 0 saturated heterocycles. The highest BCUT2D eigenvalue weighted by molar-refractivity contribution is 14.1. The molecule has 0 aliphatic carbocycles. The van der Waals surface area contributed by atoms with Crippen molar-refractivity contribution in [1.82, 2.24) is 7.76 Å². The molecule has 2 heterocycles. The third-order valence-electron chi connectivity index (χ3n) is 2.66. The summed E-state index contributed by atoms with van der Waals surface area (Å²) in [5.41, 5.74) is 3.78. The quantitative estimate of drug-likeness (QED) is 0.579. The summed E-state index contributed by atoms with van der Waals surface area (Å²) in [6.45, 7) is 2.12. The fraction of sp³-hybridized carbons (Fsp3) is 0.0833. The van der Waals surface area contributed by atoms with Gasteiger partial charge in [-0.25, -0.2) is 0 Å². The van der Waals surface area contributed by atoms with Crippen LogP contribution >= 0.6 is 22.9 Å². The van der Waals surface area contributed by atoms with Crippen LogP contribution in [0, 0.1) is 6.92 Å². The minimum absolute atomic E-state index is 1.22. The standard InChI is InChI=1S/C12H9IN2/c1-8-2-3-9-10-7-14-5-4-11(10)15(13)12(9)6-8/h2-7H,1H3. The van der Waals surface area contributed by atoms with Gasteiger partial charge in [-0.1, -0.05) is 12.1 Å². The Balaban J connectivity index is 2.63. The van der Waals surface area contributed by atoms with Gasteiger partial charge in [0, 0.05) is 23.2 Å². The van der Waals surface area contributed by atoms with E-state index in [-0.39, 0.29) is 0 Å². The molecule has 3 aromatic rings. The highest BCUT2D eigenvalue weighted by atomic mass is 127. The molecule has 3 heteroatoms. The lowest BCUT2D eigenvalue weighted by Gasteiger charge is -1.95. The van der Waals surface area contributed by atoms with Gasteiger partial charge in [0.1, 0.15) is 0 Å². The van der Waals surface area contributed by atoms with Crippen LogP contribution in [0.25, 0.3) is 21.8 Å². The van der Waals surface area contributed by atoms with Crippen LogP contribution in [-0.2, 0) is 0 Å². The van der Waals surface area contributed by atoms with Gasteiger partial charge in [0.2, 0.25) is 0 Å². The summed E-state index contributed by atoms with van der Waals surface area (Å²) in [6.07, 6.45) is 3.77. The Morgan fingerprint density at radius 3 is 2.87 bits per heavy atom. The molecule has 0 radical (unpaired) electrons. The summed E-state index contributed by atoms with van der Waals surface area (Å²) in [6, 6.07) is 8.58. The van der Waals surface area contributed by atoms with E-state index in [4.69, 9.17) is 0 Å². The molecular weight excluding hydrogens is 299 g/mol. The lowest BCUT2D eigenvalue weighted by Crippen LogP contribution is -1.78. The third kappa shape index (κ3) is 1.26. The van der Waals surface area contributed by atoms with E-state index in [1.165, 1.54) is 27.4 Å². The van der Waals surface area contributed by atoms with Crippen LogP contribution in [-0.4, -0.2) is 7.76 Å². The van der Waals surface area contributed by atoms with Gasteiger partial charge in [-0.2, -0.15) is 0 Å². The highest BCUT2D eigenvalue weighted by Gasteiger charge is 2.07. The number of hydrogen-bond donors (Lipinski definition) is 0. The zero-order valence-corrected chi connectivity index (χ0v) is 10.4. The van der Waals surface area contributed by atoms with Crippen molar-refractivity contribution >= 4 is 44.7 Å². The highest BCUT2D eigenvalue weighted by Crippen LogP contribution is 2.30. The van der Waals surface area contributed by atoms with Crippen molar-refractivity contribution in [3.8, 4) is 0 Å². The predicted octanol–water partition coefficient (Wildman–Crippen LogP) is 3.70.